The van der Waals surface area contributed by atoms with Gasteiger partial charge < -0.3 is 15.4 Å². The third kappa shape index (κ3) is 6.54. The van der Waals surface area contributed by atoms with Crippen LogP contribution in [-0.4, -0.2) is 50.7 Å². The lowest BCUT2D eigenvalue weighted by molar-refractivity contribution is -0.124. The molecule has 0 spiro atoms. The van der Waals surface area contributed by atoms with E-state index in [1.165, 1.54) is 12.8 Å². The van der Waals surface area contributed by atoms with Crippen molar-refractivity contribution in [3.05, 3.63) is 0 Å². The molecule has 1 unspecified atom stereocenters. The van der Waals surface area contributed by atoms with Crippen molar-refractivity contribution in [2.24, 2.45) is 0 Å². The molecule has 0 aromatic carbocycles. The summed E-state index contributed by atoms with van der Waals surface area (Å²) in [5, 5.41) is 8.61. The van der Waals surface area contributed by atoms with Gasteiger partial charge in [-0.1, -0.05) is 12.8 Å². The molecular formula is C13H25N3O3. The van der Waals surface area contributed by atoms with E-state index >= 15 is 0 Å². The standard InChI is InChI=1S/C13H25N3O3/c1-10(13(18)16-11-5-3-4-6-11)15-9-12(17)14-7-8-19-2/h10-11,15H,3-9H2,1-2H3,(H,14,17)(H,16,18). The van der Waals surface area contributed by atoms with Crippen LogP contribution in [0.25, 0.3) is 0 Å². The van der Waals surface area contributed by atoms with Gasteiger partial charge in [-0.05, 0) is 19.8 Å². The number of hydrogen-bond donors (Lipinski definition) is 3. The van der Waals surface area contributed by atoms with E-state index in [0.717, 1.165) is 12.8 Å². The fourth-order valence-electron chi connectivity index (χ4n) is 2.09. The predicted molar refractivity (Wildman–Crippen MR) is 72.7 cm³/mol. The summed E-state index contributed by atoms with van der Waals surface area (Å²) in [4.78, 5) is 23.3. The molecule has 1 aliphatic rings. The van der Waals surface area contributed by atoms with Gasteiger partial charge in [0.15, 0.2) is 0 Å². The van der Waals surface area contributed by atoms with Crippen molar-refractivity contribution >= 4 is 11.8 Å². The Labute approximate surface area is 114 Å². The highest BCUT2D eigenvalue weighted by Crippen LogP contribution is 2.17. The minimum Gasteiger partial charge on any atom is -0.383 e. The lowest BCUT2D eigenvalue weighted by Gasteiger charge is -2.17. The first-order valence-corrected chi connectivity index (χ1v) is 6.93. The van der Waals surface area contributed by atoms with E-state index in [4.69, 9.17) is 4.74 Å². The van der Waals surface area contributed by atoms with Crippen LogP contribution >= 0.6 is 0 Å². The highest BCUT2D eigenvalue weighted by Gasteiger charge is 2.20. The molecule has 6 nitrogen and oxygen atoms in total. The molecule has 0 radical (unpaired) electrons. The number of nitrogens with one attached hydrogen (secondary N) is 3. The molecule has 6 heteroatoms. The van der Waals surface area contributed by atoms with Crippen LogP contribution in [0.3, 0.4) is 0 Å². The number of ether oxygens (including phenoxy) is 1. The summed E-state index contributed by atoms with van der Waals surface area (Å²) in [7, 11) is 1.58. The van der Waals surface area contributed by atoms with Crippen molar-refractivity contribution in [3.63, 3.8) is 0 Å². The molecule has 1 atom stereocenters. The molecule has 0 aromatic rings. The third-order valence-corrected chi connectivity index (χ3v) is 3.29. The number of rotatable bonds is 8. The minimum absolute atomic E-state index is 0.0309. The molecule has 0 saturated heterocycles. The zero-order valence-electron chi connectivity index (χ0n) is 11.8. The van der Waals surface area contributed by atoms with Gasteiger partial charge in [0.2, 0.25) is 11.8 Å². The van der Waals surface area contributed by atoms with Gasteiger partial charge in [-0.2, -0.15) is 0 Å². The summed E-state index contributed by atoms with van der Waals surface area (Å²) in [6.07, 6.45) is 4.51. The summed E-state index contributed by atoms with van der Waals surface area (Å²) in [6.45, 7) is 2.89. The average molecular weight is 271 g/mol. The van der Waals surface area contributed by atoms with Gasteiger partial charge in [0, 0.05) is 19.7 Å². The van der Waals surface area contributed by atoms with E-state index in [2.05, 4.69) is 16.0 Å². The van der Waals surface area contributed by atoms with Gasteiger partial charge in [-0.25, -0.2) is 0 Å². The van der Waals surface area contributed by atoms with E-state index in [9.17, 15) is 9.59 Å². The Morgan fingerprint density at radius 3 is 2.63 bits per heavy atom. The Morgan fingerprint density at radius 1 is 1.32 bits per heavy atom. The summed E-state index contributed by atoms with van der Waals surface area (Å²) < 4.78 is 4.83. The summed E-state index contributed by atoms with van der Waals surface area (Å²) in [6, 6.07) is -0.0407. The van der Waals surface area contributed by atoms with Crippen LogP contribution in [0.15, 0.2) is 0 Å². The van der Waals surface area contributed by atoms with E-state index < -0.39 is 0 Å². The van der Waals surface area contributed by atoms with Crippen molar-refractivity contribution in [2.45, 2.75) is 44.7 Å². The van der Waals surface area contributed by atoms with Crippen molar-refractivity contribution in [1.82, 2.24) is 16.0 Å². The Morgan fingerprint density at radius 2 is 2.00 bits per heavy atom. The van der Waals surface area contributed by atoms with Gasteiger partial charge in [0.05, 0.1) is 19.2 Å². The van der Waals surface area contributed by atoms with E-state index in [1.807, 2.05) is 0 Å². The van der Waals surface area contributed by atoms with E-state index in [0.29, 0.717) is 19.2 Å². The fraction of sp³-hybridized carbons (Fsp3) is 0.846. The molecule has 1 rings (SSSR count). The third-order valence-electron chi connectivity index (χ3n) is 3.29. The predicted octanol–water partition coefficient (Wildman–Crippen LogP) is -0.214. The van der Waals surface area contributed by atoms with E-state index in [1.54, 1.807) is 14.0 Å². The molecule has 19 heavy (non-hydrogen) atoms. The van der Waals surface area contributed by atoms with Crippen LogP contribution < -0.4 is 16.0 Å². The van der Waals surface area contributed by atoms with Crippen LogP contribution in [-0.2, 0) is 14.3 Å². The SMILES string of the molecule is COCCNC(=O)CNC(C)C(=O)NC1CCCC1. The second-order valence-corrected chi connectivity index (χ2v) is 4.94. The smallest absolute Gasteiger partial charge is 0.237 e. The lowest BCUT2D eigenvalue weighted by atomic mass is 10.2. The highest BCUT2D eigenvalue weighted by atomic mass is 16.5. The molecule has 0 aromatic heterocycles. The Hall–Kier alpha value is -1.14. The monoisotopic (exact) mass is 271 g/mol. The molecule has 0 heterocycles. The summed E-state index contributed by atoms with van der Waals surface area (Å²) in [5.74, 6) is -0.158. The molecule has 0 bridgehead atoms. The molecule has 110 valence electrons. The molecule has 1 aliphatic carbocycles. The van der Waals surface area contributed by atoms with Gasteiger partial charge in [0.25, 0.3) is 0 Å². The average Bonchev–Trinajstić information content (AvgIpc) is 2.89. The maximum absolute atomic E-state index is 11.8. The van der Waals surface area contributed by atoms with Crippen molar-refractivity contribution < 1.29 is 14.3 Å². The number of methoxy groups -OCH3 is 1. The topological polar surface area (TPSA) is 79.5 Å². The number of carbonyl (C=O) groups excluding carboxylic acids is 2. The van der Waals surface area contributed by atoms with Crippen LogP contribution in [0, 0.1) is 0 Å². The fourth-order valence-corrected chi connectivity index (χ4v) is 2.09. The largest absolute Gasteiger partial charge is 0.383 e. The first-order chi connectivity index (χ1) is 9.13. The zero-order chi connectivity index (χ0) is 14.1. The van der Waals surface area contributed by atoms with Gasteiger partial charge in [-0.3, -0.25) is 14.9 Å². The number of carbonyl (C=O) groups is 2. The van der Waals surface area contributed by atoms with Crippen LogP contribution in [0.4, 0.5) is 0 Å². The van der Waals surface area contributed by atoms with Crippen molar-refractivity contribution in [1.29, 1.82) is 0 Å². The highest BCUT2D eigenvalue weighted by molar-refractivity contribution is 5.83. The summed E-state index contributed by atoms with van der Waals surface area (Å²) >= 11 is 0. The van der Waals surface area contributed by atoms with Crippen molar-refractivity contribution in [2.75, 3.05) is 26.8 Å². The molecular weight excluding hydrogens is 246 g/mol. The quantitative estimate of drug-likeness (QED) is 0.534. The number of hydrogen-bond acceptors (Lipinski definition) is 4. The first kappa shape index (κ1) is 15.9. The zero-order valence-corrected chi connectivity index (χ0v) is 11.8. The summed E-state index contributed by atoms with van der Waals surface area (Å²) in [5.41, 5.74) is 0. The lowest BCUT2D eigenvalue weighted by Crippen LogP contribution is -2.48. The van der Waals surface area contributed by atoms with Gasteiger partial charge in [-0.15, -0.1) is 0 Å². The van der Waals surface area contributed by atoms with Gasteiger partial charge >= 0.3 is 0 Å². The molecule has 0 aliphatic heterocycles. The molecule has 2 amide bonds. The second-order valence-electron chi connectivity index (χ2n) is 4.94. The Kier molecular flexibility index (Phi) is 7.43. The van der Waals surface area contributed by atoms with Crippen LogP contribution in [0.2, 0.25) is 0 Å². The Bertz CT molecular complexity index is 291. The van der Waals surface area contributed by atoms with E-state index in [-0.39, 0.29) is 24.4 Å². The molecule has 1 fully saturated rings. The Balaban J connectivity index is 2.13. The molecule has 1 saturated carbocycles. The van der Waals surface area contributed by atoms with Gasteiger partial charge in [0.1, 0.15) is 0 Å². The maximum Gasteiger partial charge on any atom is 0.237 e. The minimum atomic E-state index is -0.353. The normalized spacial score (nSPS) is 17.2. The van der Waals surface area contributed by atoms with Crippen LogP contribution in [0.1, 0.15) is 32.6 Å². The first-order valence-electron chi connectivity index (χ1n) is 6.93. The maximum atomic E-state index is 11.8. The van der Waals surface area contributed by atoms with Crippen LogP contribution in [0.5, 0.6) is 0 Å². The number of amides is 2. The second kappa shape index (κ2) is 8.87. The molecule has 3 N–H and O–H groups in total. The van der Waals surface area contributed by atoms with Crippen molar-refractivity contribution in [3.8, 4) is 0 Å².